The van der Waals surface area contributed by atoms with Gasteiger partial charge < -0.3 is 4.90 Å². The van der Waals surface area contributed by atoms with Crippen molar-refractivity contribution in [1.29, 1.82) is 0 Å². The summed E-state index contributed by atoms with van der Waals surface area (Å²) in [6.45, 7) is 6.93. The number of aromatic nitrogens is 6. The lowest BCUT2D eigenvalue weighted by atomic mass is 10.2. The summed E-state index contributed by atoms with van der Waals surface area (Å²) in [4.78, 5) is 14.3. The summed E-state index contributed by atoms with van der Waals surface area (Å²) in [5.41, 5.74) is 4.53. The molecule has 0 aliphatic heterocycles. The average Bonchev–Trinajstić information content (AvgIpc) is 3.23. The predicted octanol–water partition coefficient (Wildman–Crippen LogP) is 1.52. The highest BCUT2D eigenvalue weighted by Gasteiger charge is 2.17. The molecule has 0 aromatic carbocycles. The lowest BCUT2D eigenvalue weighted by Gasteiger charge is -2.15. The van der Waals surface area contributed by atoms with Gasteiger partial charge in [0.25, 0.3) is 5.91 Å². The van der Waals surface area contributed by atoms with Crippen LogP contribution in [0.25, 0.3) is 0 Å². The molecule has 0 fully saturated rings. The fraction of sp³-hybridized carbons (Fsp3) is 0.412. The standard InChI is InChI=1S/C17H23N7O/c1-12-8-13(2)24(19-12)11-23-7-6-16(20-23)17(25)21(4)10-15-9-18-22(5)14(15)3/h6-9H,10-11H2,1-5H3. The monoisotopic (exact) mass is 341 g/mol. The van der Waals surface area contributed by atoms with Crippen LogP contribution in [0.15, 0.2) is 24.5 Å². The second-order valence-electron chi connectivity index (χ2n) is 6.35. The van der Waals surface area contributed by atoms with Crippen LogP contribution >= 0.6 is 0 Å². The Labute approximate surface area is 146 Å². The molecule has 132 valence electrons. The van der Waals surface area contributed by atoms with Crippen molar-refractivity contribution in [2.24, 2.45) is 7.05 Å². The smallest absolute Gasteiger partial charge is 0.274 e. The van der Waals surface area contributed by atoms with E-state index in [1.165, 1.54) is 0 Å². The van der Waals surface area contributed by atoms with Crippen LogP contribution in [0.1, 0.15) is 33.1 Å². The molecule has 0 aliphatic carbocycles. The summed E-state index contributed by atoms with van der Waals surface area (Å²) in [5.74, 6) is -0.115. The van der Waals surface area contributed by atoms with E-state index in [9.17, 15) is 4.79 Å². The molecule has 0 unspecified atom stereocenters. The lowest BCUT2D eigenvalue weighted by molar-refractivity contribution is 0.0778. The van der Waals surface area contributed by atoms with E-state index in [-0.39, 0.29) is 5.91 Å². The minimum absolute atomic E-state index is 0.115. The number of rotatable bonds is 5. The molecule has 0 saturated carbocycles. The third-order valence-electron chi connectivity index (χ3n) is 4.33. The van der Waals surface area contributed by atoms with E-state index < -0.39 is 0 Å². The molecule has 0 N–H and O–H groups in total. The first-order valence-electron chi connectivity index (χ1n) is 8.12. The van der Waals surface area contributed by atoms with Crippen molar-refractivity contribution in [2.75, 3.05) is 7.05 Å². The van der Waals surface area contributed by atoms with Crippen molar-refractivity contribution in [2.45, 2.75) is 34.0 Å². The second-order valence-corrected chi connectivity index (χ2v) is 6.35. The van der Waals surface area contributed by atoms with Crippen molar-refractivity contribution in [3.8, 4) is 0 Å². The van der Waals surface area contributed by atoms with Crippen LogP contribution in [0.3, 0.4) is 0 Å². The minimum Gasteiger partial charge on any atom is -0.336 e. The highest BCUT2D eigenvalue weighted by Crippen LogP contribution is 2.11. The number of carbonyl (C=O) groups is 1. The first-order chi connectivity index (χ1) is 11.8. The highest BCUT2D eigenvalue weighted by molar-refractivity contribution is 5.91. The number of nitrogens with zero attached hydrogens (tertiary/aromatic N) is 7. The Kier molecular flexibility index (Phi) is 4.43. The minimum atomic E-state index is -0.115. The summed E-state index contributed by atoms with van der Waals surface area (Å²) in [5, 5.41) is 13.0. The zero-order valence-corrected chi connectivity index (χ0v) is 15.3. The van der Waals surface area contributed by atoms with Crippen LogP contribution in [0, 0.1) is 20.8 Å². The fourth-order valence-corrected chi connectivity index (χ4v) is 2.73. The van der Waals surface area contributed by atoms with Gasteiger partial charge in [0, 0.05) is 43.8 Å². The molecule has 1 amide bonds. The van der Waals surface area contributed by atoms with Crippen molar-refractivity contribution in [1.82, 2.24) is 34.2 Å². The second kappa shape index (κ2) is 6.54. The van der Waals surface area contributed by atoms with Gasteiger partial charge >= 0.3 is 0 Å². The van der Waals surface area contributed by atoms with Gasteiger partial charge in [-0.3, -0.25) is 14.2 Å². The maximum atomic E-state index is 12.6. The molecular weight excluding hydrogens is 318 g/mol. The van der Waals surface area contributed by atoms with Gasteiger partial charge in [0.05, 0.1) is 11.9 Å². The predicted molar refractivity (Wildman–Crippen MR) is 93.1 cm³/mol. The van der Waals surface area contributed by atoms with Gasteiger partial charge in [-0.05, 0) is 32.9 Å². The van der Waals surface area contributed by atoms with Gasteiger partial charge in [0.2, 0.25) is 0 Å². The maximum absolute atomic E-state index is 12.6. The van der Waals surface area contributed by atoms with Crippen LogP contribution < -0.4 is 0 Å². The Morgan fingerprint density at radius 3 is 2.60 bits per heavy atom. The van der Waals surface area contributed by atoms with Crippen molar-refractivity contribution < 1.29 is 4.79 Å². The Hall–Kier alpha value is -2.90. The Morgan fingerprint density at radius 2 is 2.00 bits per heavy atom. The number of hydrogen-bond donors (Lipinski definition) is 0. The molecule has 3 aromatic rings. The number of aryl methyl sites for hydroxylation is 3. The SMILES string of the molecule is Cc1cc(C)n(Cn2ccc(C(=O)N(C)Cc3cnn(C)c3C)n2)n1. The van der Waals surface area contributed by atoms with Crippen molar-refractivity contribution in [3.05, 3.63) is 52.9 Å². The van der Waals surface area contributed by atoms with E-state index in [4.69, 9.17) is 0 Å². The van der Waals surface area contributed by atoms with E-state index >= 15 is 0 Å². The Morgan fingerprint density at radius 1 is 1.24 bits per heavy atom. The van der Waals surface area contributed by atoms with Gasteiger partial charge in [0.1, 0.15) is 12.4 Å². The molecule has 0 spiro atoms. The van der Waals surface area contributed by atoms with E-state index in [0.717, 1.165) is 22.6 Å². The van der Waals surface area contributed by atoms with Gasteiger partial charge in [-0.15, -0.1) is 0 Å². The van der Waals surface area contributed by atoms with E-state index in [1.807, 2.05) is 38.6 Å². The highest BCUT2D eigenvalue weighted by atomic mass is 16.2. The molecule has 0 bridgehead atoms. The van der Waals surface area contributed by atoms with Gasteiger partial charge in [-0.2, -0.15) is 15.3 Å². The van der Waals surface area contributed by atoms with Crippen LogP contribution in [0.5, 0.6) is 0 Å². The molecule has 0 atom stereocenters. The lowest BCUT2D eigenvalue weighted by Crippen LogP contribution is -2.27. The summed E-state index contributed by atoms with van der Waals surface area (Å²) in [7, 11) is 3.66. The topological polar surface area (TPSA) is 73.8 Å². The third kappa shape index (κ3) is 3.47. The van der Waals surface area contributed by atoms with Gasteiger partial charge in [0.15, 0.2) is 0 Å². The van der Waals surface area contributed by atoms with E-state index in [0.29, 0.717) is 18.9 Å². The molecule has 8 heteroatoms. The Balaban J connectivity index is 1.69. The maximum Gasteiger partial charge on any atom is 0.274 e. The summed E-state index contributed by atoms with van der Waals surface area (Å²) < 4.78 is 5.38. The molecule has 0 radical (unpaired) electrons. The average molecular weight is 341 g/mol. The van der Waals surface area contributed by atoms with Crippen LogP contribution in [0.2, 0.25) is 0 Å². The zero-order valence-electron chi connectivity index (χ0n) is 15.3. The molecule has 25 heavy (non-hydrogen) atoms. The summed E-state index contributed by atoms with van der Waals surface area (Å²) >= 11 is 0. The molecule has 0 aliphatic rings. The van der Waals surface area contributed by atoms with Gasteiger partial charge in [-0.25, -0.2) is 4.68 Å². The normalized spacial score (nSPS) is 11.1. The molecule has 8 nitrogen and oxygen atoms in total. The largest absolute Gasteiger partial charge is 0.336 e. The van der Waals surface area contributed by atoms with Crippen molar-refractivity contribution >= 4 is 5.91 Å². The first-order valence-corrected chi connectivity index (χ1v) is 8.12. The van der Waals surface area contributed by atoms with Gasteiger partial charge in [-0.1, -0.05) is 0 Å². The van der Waals surface area contributed by atoms with Crippen LogP contribution in [-0.2, 0) is 20.3 Å². The van der Waals surface area contributed by atoms with Crippen molar-refractivity contribution in [3.63, 3.8) is 0 Å². The number of carbonyl (C=O) groups excluding carboxylic acids is 1. The summed E-state index contributed by atoms with van der Waals surface area (Å²) in [6, 6.07) is 3.75. The van der Waals surface area contributed by atoms with Crippen LogP contribution in [0.4, 0.5) is 0 Å². The third-order valence-corrected chi connectivity index (χ3v) is 4.33. The molecular formula is C17H23N7O. The molecule has 0 saturated heterocycles. The Bertz CT molecular complexity index is 902. The number of hydrogen-bond acceptors (Lipinski definition) is 4. The zero-order chi connectivity index (χ0) is 18.1. The first kappa shape index (κ1) is 16.9. The quantitative estimate of drug-likeness (QED) is 0.705. The fourth-order valence-electron chi connectivity index (χ4n) is 2.73. The van der Waals surface area contributed by atoms with E-state index in [2.05, 4.69) is 15.3 Å². The molecule has 3 heterocycles. The molecule has 3 rings (SSSR count). The number of amides is 1. The van der Waals surface area contributed by atoms with Crippen LogP contribution in [-0.4, -0.2) is 47.2 Å². The van der Waals surface area contributed by atoms with E-state index in [1.54, 1.807) is 39.8 Å². The summed E-state index contributed by atoms with van der Waals surface area (Å²) in [6.07, 6.45) is 3.59. The molecule has 3 aromatic heterocycles.